The second-order valence-corrected chi connectivity index (χ2v) is 11.3. The molecule has 9 aromatic rings. The van der Waals surface area contributed by atoms with Gasteiger partial charge in [-0.1, -0.05) is 115 Å². The van der Waals surface area contributed by atoms with Gasteiger partial charge < -0.3 is 4.57 Å². The molecule has 0 unspecified atom stereocenters. The van der Waals surface area contributed by atoms with Gasteiger partial charge in [-0.05, 0) is 59.0 Å². The molecule has 0 fully saturated rings. The highest BCUT2D eigenvalue weighted by atomic mass is 15.1. The molecule has 0 amide bonds. The predicted octanol–water partition coefficient (Wildman–Crippen LogP) is 10.6. The Bertz CT molecular complexity index is 2410. The number of nitrogens with zero attached hydrogens (tertiary/aromatic N) is 3. The predicted molar refractivity (Wildman–Crippen MR) is 184 cm³/mol. The SMILES string of the molecule is c1ccc(-c2cc(-c3ccccc3)nc(-n3c4cc5c(ccn5-c5ccccc5)cc4c4ccc5ccccc5c43)c2)cc1. The van der Waals surface area contributed by atoms with Gasteiger partial charge in [-0.2, -0.15) is 0 Å². The quantitative estimate of drug-likeness (QED) is 0.210. The standard InChI is InChI=1S/C41H27N3/c1-4-12-28(13-5-1)32-25-37(30-15-6-2-7-16-30)42-40(26-32)44-39-27-38-31(22-23-43(38)33-17-8-3-9-18-33)24-36(39)35-21-20-29-14-10-11-19-34(29)41(35)44/h1-27H. The largest absolute Gasteiger partial charge is 0.316 e. The lowest BCUT2D eigenvalue weighted by Gasteiger charge is -2.14. The summed E-state index contributed by atoms with van der Waals surface area (Å²) in [5.41, 5.74) is 8.97. The number of pyridine rings is 1. The van der Waals surface area contributed by atoms with E-state index in [1.807, 2.05) is 0 Å². The van der Waals surface area contributed by atoms with E-state index >= 15 is 0 Å². The molecule has 6 aromatic carbocycles. The van der Waals surface area contributed by atoms with Gasteiger partial charge in [0.05, 0.1) is 22.2 Å². The summed E-state index contributed by atoms with van der Waals surface area (Å²) >= 11 is 0. The summed E-state index contributed by atoms with van der Waals surface area (Å²) in [5, 5.41) is 6.08. The Morgan fingerprint density at radius 1 is 0.432 bits per heavy atom. The number of hydrogen-bond acceptors (Lipinski definition) is 1. The Kier molecular flexibility index (Phi) is 5.50. The zero-order valence-corrected chi connectivity index (χ0v) is 23.9. The summed E-state index contributed by atoms with van der Waals surface area (Å²) in [6.45, 7) is 0. The van der Waals surface area contributed by atoms with Gasteiger partial charge in [-0.25, -0.2) is 4.98 Å². The van der Waals surface area contributed by atoms with Crippen LogP contribution in [-0.4, -0.2) is 14.1 Å². The summed E-state index contributed by atoms with van der Waals surface area (Å²) in [4.78, 5) is 5.38. The van der Waals surface area contributed by atoms with E-state index in [0.29, 0.717) is 0 Å². The van der Waals surface area contributed by atoms with E-state index in [2.05, 4.69) is 173 Å². The van der Waals surface area contributed by atoms with Gasteiger partial charge >= 0.3 is 0 Å². The van der Waals surface area contributed by atoms with E-state index in [4.69, 9.17) is 4.98 Å². The molecule has 0 atom stereocenters. The van der Waals surface area contributed by atoms with Crippen molar-refractivity contribution in [1.82, 2.24) is 14.1 Å². The van der Waals surface area contributed by atoms with Crippen molar-refractivity contribution in [3.63, 3.8) is 0 Å². The molecule has 0 aliphatic carbocycles. The fourth-order valence-electron chi connectivity index (χ4n) is 6.64. The van der Waals surface area contributed by atoms with Gasteiger partial charge in [0.2, 0.25) is 0 Å². The summed E-state index contributed by atoms with van der Waals surface area (Å²) in [6.07, 6.45) is 2.17. The third-order valence-electron chi connectivity index (χ3n) is 8.71. The highest BCUT2D eigenvalue weighted by Gasteiger charge is 2.19. The van der Waals surface area contributed by atoms with Crippen molar-refractivity contribution in [2.75, 3.05) is 0 Å². The molecule has 3 heteroatoms. The second kappa shape index (κ2) is 9.82. The number of fused-ring (bicyclic) bond motifs is 6. The zero-order chi connectivity index (χ0) is 29.0. The van der Waals surface area contributed by atoms with E-state index in [9.17, 15) is 0 Å². The molecule has 206 valence electrons. The van der Waals surface area contributed by atoms with Crippen LogP contribution in [0, 0.1) is 0 Å². The molecule has 0 saturated carbocycles. The van der Waals surface area contributed by atoms with E-state index < -0.39 is 0 Å². The average molecular weight is 562 g/mol. The Balaban J connectivity index is 1.43. The lowest BCUT2D eigenvalue weighted by atomic mass is 10.0. The van der Waals surface area contributed by atoms with Gasteiger partial charge in [0.1, 0.15) is 5.82 Å². The van der Waals surface area contributed by atoms with E-state index in [0.717, 1.165) is 33.8 Å². The molecule has 9 rings (SSSR count). The Morgan fingerprint density at radius 3 is 1.93 bits per heavy atom. The maximum absolute atomic E-state index is 5.38. The molecule has 44 heavy (non-hydrogen) atoms. The molecule has 3 nitrogen and oxygen atoms in total. The van der Waals surface area contributed by atoms with Crippen LogP contribution >= 0.6 is 0 Å². The van der Waals surface area contributed by atoms with E-state index in [1.165, 1.54) is 43.5 Å². The smallest absolute Gasteiger partial charge is 0.138 e. The van der Waals surface area contributed by atoms with Crippen LogP contribution in [0.2, 0.25) is 0 Å². The normalized spacial score (nSPS) is 11.6. The molecule has 0 bridgehead atoms. The first-order chi connectivity index (χ1) is 21.8. The molecule has 0 saturated heterocycles. The van der Waals surface area contributed by atoms with Crippen molar-refractivity contribution in [1.29, 1.82) is 0 Å². The van der Waals surface area contributed by atoms with Crippen molar-refractivity contribution in [3.8, 4) is 33.9 Å². The zero-order valence-electron chi connectivity index (χ0n) is 23.9. The Labute approximate surface area is 254 Å². The molecular formula is C41H27N3. The first kappa shape index (κ1) is 24.6. The molecule has 0 N–H and O–H groups in total. The van der Waals surface area contributed by atoms with Crippen molar-refractivity contribution in [2.24, 2.45) is 0 Å². The van der Waals surface area contributed by atoms with Crippen molar-refractivity contribution < 1.29 is 0 Å². The topological polar surface area (TPSA) is 22.8 Å². The van der Waals surface area contributed by atoms with E-state index in [-0.39, 0.29) is 0 Å². The van der Waals surface area contributed by atoms with Crippen LogP contribution in [0.3, 0.4) is 0 Å². The van der Waals surface area contributed by atoms with Crippen molar-refractivity contribution >= 4 is 43.5 Å². The number of hydrogen-bond donors (Lipinski definition) is 0. The molecule has 3 heterocycles. The number of para-hydroxylation sites is 1. The molecule has 3 aromatic heterocycles. The minimum Gasteiger partial charge on any atom is -0.316 e. The number of benzene rings is 6. The lowest BCUT2D eigenvalue weighted by Crippen LogP contribution is -2.01. The van der Waals surface area contributed by atoms with Crippen LogP contribution < -0.4 is 0 Å². The van der Waals surface area contributed by atoms with Gasteiger partial charge in [-0.15, -0.1) is 0 Å². The molecule has 0 aliphatic heterocycles. The summed E-state index contributed by atoms with van der Waals surface area (Å²) in [6, 6.07) is 56.2. The fourth-order valence-corrected chi connectivity index (χ4v) is 6.64. The monoisotopic (exact) mass is 561 g/mol. The van der Waals surface area contributed by atoms with Crippen LogP contribution in [0.25, 0.3) is 77.4 Å². The minimum absolute atomic E-state index is 0.902. The molecule has 0 radical (unpaired) electrons. The van der Waals surface area contributed by atoms with Crippen molar-refractivity contribution in [2.45, 2.75) is 0 Å². The van der Waals surface area contributed by atoms with Gasteiger partial charge in [-0.3, -0.25) is 4.57 Å². The lowest BCUT2D eigenvalue weighted by molar-refractivity contribution is 1.09. The molecular weight excluding hydrogens is 534 g/mol. The number of rotatable bonds is 4. The molecule has 0 spiro atoms. The highest BCUT2D eigenvalue weighted by molar-refractivity contribution is 6.20. The number of aromatic nitrogens is 3. The summed E-state index contributed by atoms with van der Waals surface area (Å²) in [7, 11) is 0. The van der Waals surface area contributed by atoms with Gasteiger partial charge in [0.15, 0.2) is 0 Å². The first-order valence-corrected chi connectivity index (χ1v) is 15.0. The fraction of sp³-hybridized carbons (Fsp3) is 0. The summed E-state index contributed by atoms with van der Waals surface area (Å²) in [5.74, 6) is 0.902. The van der Waals surface area contributed by atoms with Crippen LogP contribution in [-0.2, 0) is 0 Å². The Hall–Kier alpha value is -5.93. The third kappa shape index (κ3) is 3.87. The maximum Gasteiger partial charge on any atom is 0.138 e. The van der Waals surface area contributed by atoms with Crippen LogP contribution in [0.5, 0.6) is 0 Å². The van der Waals surface area contributed by atoms with Gasteiger partial charge in [0, 0.05) is 39.0 Å². The van der Waals surface area contributed by atoms with Crippen LogP contribution in [0.4, 0.5) is 0 Å². The van der Waals surface area contributed by atoms with E-state index in [1.54, 1.807) is 0 Å². The van der Waals surface area contributed by atoms with Crippen LogP contribution in [0.15, 0.2) is 164 Å². The third-order valence-corrected chi connectivity index (χ3v) is 8.71. The maximum atomic E-state index is 5.38. The molecule has 0 aliphatic rings. The van der Waals surface area contributed by atoms with Crippen molar-refractivity contribution in [3.05, 3.63) is 164 Å². The first-order valence-electron chi connectivity index (χ1n) is 15.0. The van der Waals surface area contributed by atoms with Gasteiger partial charge in [0.25, 0.3) is 0 Å². The second-order valence-electron chi connectivity index (χ2n) is 11.3. The highest BCUT2D eigenvalue weighted by Crippen LogP contribution is 2.40. The average Bonchev–Trinajstić information content (AvgIpc) is 3.67. The van der Waals surface area contributed by atoms with Crippen LogP contribution in [0.1, 0.15) is 0 Å². The Morgan fingerprint density at radius 2 is 1.14 bits per heavy atom. The minimum atomic E-state index is 0.902. The summed E-state index contributed by atoms with van der Waals surface area (Å²) < 4.78 is 4.66.